The fraction of sp³-hybridized carbons (Fsp3) is 0.355. The van der Waals surface area contributed by atoms with E-state index in [4.69, 9.17) is 15.4 Å². The Bertz CT molecular complexity index is 1550. The second kappa shape index (κ2) is 16.8. The molecule has 0 saturated carbocycles. The van der Waals surface area contributed by atoms with E-state index in [1.165, 1.54) is 44.0 Å². The third kappa shape index (κ3) is 12.0. The SMILES string of the molecule is C1CCOC1.CCC1=CC=CC1.CCc1cccn1S(=O)(=O)c1ccc(C(F)(F)F)cc1.Cc1ccc(S(=O)(=O)Cl)cc1. The van der Waals surface area contributed by atoms with E-state index < -0.39 is 30.8 Å². The van der Waals surface area contributed by atoms with Gasteiger partial charge in [0.2, 0.25) is 0 Å². The third-order valence-corrected chi connectivity index (χ3v) is 9.44. The zero-order chi connectivity index (χ0) is 32.1. The van der Waals surface area contributed by atoms with E-state index in [0.717, 1.165) is 47.0 Å². The molecule has 0 unspecified atom stereocenters. The first-order valence-electron chi connectivity index (χ1n) is 13.7. The fourth-order valence-electron chi connectivity index (χ4n) is 3.80. The van der Waals surface area contributed by atoms with E-state index in [-0.39, 0.29) is 9.79 Å². The van der Waals surface area contributed by atoms with Crippen molar-refractivity contribution in [3.63, 3.8) is 0 Å². The van der Waals surface area contributed by atoms with Crippen LogP contribution < -0.4 is 0 Å². The van der Waals surface area contributed by atoms with Gasteiger partial charge in [-0.15, -0.1) is 0 Å². The van der Waals surface area contributed by atoms with Crippen molar-refractivity contribution < 1.29 is 34.7 Å². The molecule has 0 N–H and O–H groups in total. The van der Waals surface area contributed by atoms with Gasteiger partial charge >= 0.3 is 6.18 Å². The van der Waals surface area contributed by atoms with Crippen LogP contribution in [0.1, 0.15) is 56.4 Å². The second-order valence-electron chi connectivity index (χ2n) is 9.56. The quantitative estimate of drug-likeness (QED) is 0.257. The highest BCUT2D eigenvalue weighted by atomic mass is 35.7. The molecule has 1 aliphatic heterocycles. The lowest BCUT2D eigenvalue weighted by Crippen LogP contribution is -2.15. The van der Waals surface area contributed by atoms with Crippen molar-refractivity contribution in [1.29, 1.82) is 0 Å². The molecule has 1 fully saturated rings. The molecular formula is C31H37ClF3NO5S2. The van der Waals surface area contributed by atoms with E-state index >= 15 is 0 Å². The molecule has 0 radical (unpaired) electrons. The zero-order valence-electron chi connectivity index (χ0n) is 24.3. The van der Waals surface area contributed by atoms with Gasteiger partial charge < -0.3 is 4.74 Å². The number of hydrogen-bond donors (Lipinski definition) is 0. The van der Waals surface area contributed by atoms with Crippen LogP contribution in [-0.4, -0.2) is 34.0 Å². The molecule has 3 aromatic rings. The number of aromatic nitrogens is 1. The van der Waals surface area contributed by atoms with Crippen LogP contribution in [0.3, 0.4) is 0 Å². The van der Waals surface area contributed by atoms with Gasteiger partial charge in [-0.05, 0) is 87.6 Å². The Morgan fingerprint density at radius 3 is 1.84 bits per heavy atom. The minimum absolute atomic E-state index is 0.143. The molecule has 2 heterocycles. The summed E-state index contributed by atoms with van der Waals surface area (Å²) < 4.78 is 89.4. The Morgan fingerprint density at radius 1 is 0.860 bits per heavy atom. The molecule has 1 aliphatic carbocycles. The lowest BCUT2D eigenvalue weighted by atomic mass is 10.2. The Balaban J connectivity index is 0.000000232. The number of hydrogen-bond acceptors (Lipinski definition) is 5. The van der Waals surface area contributed by atoms with Crippen LogP contribution in [0.4, 0.5) is 13.2 Å². The third-order valence-electron chi connectivity index (χ3n) is 6.33. The molecule has 12 heteroatoms. The number of allylic oxidation sites excluding steroid dienone is 4. The number of ether oxygens (including phenoxy) is 1. The van der Waals surface area contributed by atoms with Gasteiger partial charge in [0.05, 0.1) is 15.4 Å². The summed E-state index contributed by atoms with van der Waals surface area (Å²) in [6.45, 7) is 7.87. The van der Waals surface area contributed by atoms with Crippen LogP contribution in [0.5, 0.6) is 0 Å². The molecule has 6 nitrogen and oxygen atoms in total. The summed E-state index contributed by atoms with van der Waals surface area (Å²) in [5.74, 6) is 0. The van der Waals surface area contributed by atoms with Gasteiger partial charge in [-0.25, -0.2) is 20.8 Å². The first kappa shape index (κ1) is 36.3. The lowest BCUT2D eigenvalue weighted by Gasteiger charge is -2.11. The average Bonchev–Trinajstić information content (AvgIpc) is 3.77. The molecule has 1 saturated heterocycles. The van der Waals surface area contributed by atoms with Gasteiger partial charge in [-0.3, -0.25) is 0 Å². The smallest absolute Gasteiger partial charge is 0.381 e. The van der Waals surface area contributed by atoms with Gasteiger partial charge in [0.25, 0.3) is 19.1 Å². The van der Waals surface area contributed by atoms with Gasteiger partial charge in [0, 0.05) is 35.8 Å². The monoisotopic (exact) mass is 659 g/mol. The average molecular weight is 660 g/mol. The maximum Gasteiger partial charge on any atom is 0.416 e. The molecule has 1 aromatic heterocycles. The Morgan fingerprint density at radius 2 is 1.44 bits per heavy atom. The minimum Gasteiger partial charge on any atom is -0.381 e. The predicted octanol–water partition coefficient (Wildman–Crippen LogP) is 8.31. The molecule has 43 heavy (non-hydrogen) atoms. The van der Waals surface area contributed by atoms with E-state index in [2.05, 4.69) is 25.2 Å². The van der Waals surface area contributed by atoms with Crippen molar-refractivity contribution in [2.45, 2.75) is 68.8 Å². The highest BCUT2D eigenvalue weighted by Crippen LogP contribution is 2.30. The Labute approximate surface area is 257 Å². The number of benzene rings is 2. The van der Waals surface area contributed by atoms with Gasteiger partial charge in [-0.2, -0.15) is 13.2 Å². The van der Waals surface area contributed by atoms with Crippen LogP contribution in [-0.2, 0) is 36.4 Å². The first-order valence-corrected chi connectivity index (χ1v) is 17.5. The molecule has 236 valence electrons. The van der Waals surface area contributed by atoms with Gasteiger partial charge in [-0.1, -0.05) is 55.3 Å². The molecule has 0 atom stereocenters. The zero-order valence-corrected chi connectivity index (χ0v) is 26.7. The second-order valence-corrected chi connectivity index (χ2v) is 13.9. The molecular weight excluding hydrogens is 623 g/mol. The lowest BCUT2D eigenvalue weighted by molar-refractivity contribution is -0.137. The maximum atomic E-state index is 12.5. The predicted molar refractivity (Wildman–Crippen MR) is 164 cm³/mol. The molecule has 0 amide bonds. The summed E-state index contributed by atoms with van der Waals surface area (Å²) in [5, 5.41) is 0. The standard InChI is InChI=1S/C13H12F3NO2S.C7H7ClO2S.C7H10.C4H8O/c1-2-11-4-3-9-17(11)20(18,19)12-7-5-10(6-8-12)13(14,15)16;1-6-2-4-7(5-3-6)11(8,9)10;1-2-7-5-3-4-6-7;1-2-4-5-3-1/h3-9H,2H2,1H3;2-5H,1H3;3-5H,2,6H2,1H3;1-4H2. The summed E-state index contributed by atoms with van der Waals surface area (Å²) in [7, 11) is -2.32. The van der Waals surface area contributed by atoms with Crippen LogP contribution in [0.25, 0.3) is 0 Å². The van der Waals surface area contributed by atoms with Crippen molar-refractivity contribution in [2.24, 2.45) is 0 Å². The van der Waals surface area contributed by atoms with Crippen molar-refractivity contribution >= 4 is 29.8 Å². The summed E-state index contributed by atoms with van der Waals surface area (Å²) in [5.41, 5.74) is 2.26. The summed E-state index contributed by atoms with van der Waals surface area (Å²) in [6.07, 6.45) is 8.88. The van der Waals surface area contributed by atoms with Crippen molar-refractivity contribution in [2.75, 3.05) is 13.2 Å². The molecule has 2 aliphatic rings. The molecule has 2 aromatic carbocycles. The largest absolute Gasteiger partial charge is 0.416 e. The molecule has 5 rings (SSSR count). The van der Waals surface area contributed by atoms with Crippen LogP contribution in [0.15, 0.2) is 100 Å². The maximum absolute atomic E-state index is 12.5. The van der Waals surface area contributed by atoms with Crippen LogP contribution >= 0.6 is 10.7 Å². The highest BCUT2D eigenvalue weighted by molar-refractivity contribution is 8.13. The minimum atomic E-state index is -4.48. The summed E-state index contributed by atoms with van der Waals surface area (Å²) in [6, 6.07) is 13.1. The Kier molecular flexibility index (Phi) is 14.2. The summed E-state index contributed by atoms with van der Waals surface area (Å²) >= 11 is 0. The normalized spacial score (nSPS) is 14.4. The number of aryl methyl sites for hydroxylation is 2. The van der Waals surface area contributed by atoms with Crippen molar-refractivity contribution in [3.05, 3.63) is 107 Å². The topological polar surface area (TPSA) is 82.4 Å². The molecule has 0 spiro atoms. The summed E-state index contributed by atoms with van der Waals surface area (Å²) in [4.78, 5) is -0.0267. The highest BCUT2D eigenvalue weighted by Gasteiger charge is 2.31. The Hall–Kier alpha value is -2.86. The fourth-order valence-corrected chi connectivity index (χ4v) is 6.01. The van der Waals surface area contributed by atoms with Crippen LogP contribution in [0, 0.1) is 6.92 Å². The van der Waals surface area contributed by atoms with E-state index in [1.807, 2.05) is 6.92 Å². The van der Waals surface area contributed by atoms with E-state index in [1.54, 1.807) is 36.8 Å². The molecule has 0 bridgehead atoms. The van der Waals surface area contributed by atoms with Gasteiger partial charge in [0.1, 0.15) is 0 Å². The van der Waals surface area contributed by atoms with Crippen molar-refractivity contribution in [3.8, 4) is 0 Å². The van der Waals surface area contributed by atoms with Crippen LogP contribution in [0.2, 0.25) is 0 Å². The number of alkyl halides is 3. The number of rotatable bonds is 5. The van der Waals surface area contributed by atoms with Crippen molar-refractivity contribution in [1.82, 2.24) is 3.97 Å². The number of halogens is 4. The first-order chi connectivity index (χ1) is 20.2. The van der Waals surface area contributed by atoms with E-state index in [9.17, 15) is 30.0 Å². The van der Waals surface area contributed by atoms with E-state index in [0.29, 0.717) is 12.1 Å². The van der Waals surface area contributed by atoms with Gasteiger partial charge in [0.15, 0.2) is 0 Å². The number of nitrogens with zero attached hydrogens (tertiary/aromatic N) is 1.